The Labute approximate surface area is 110 Å². The molecule has 5 heteroatoms. The lowest BCUT2D eigenvalue weighted by Gasteiger charge is -2.06. The molecule has 0 bridgehead atoms. The van der Waals surface area contributed by atoms with E-state index >= 15 is 0 Å². The molecule has 0 atom stereocenters. The number of aromatic nitrogens is 1. The summed E-state index contributed by atoms with van der Waals surface area (Å²) in [6.45, 7) is 0. The highest BCUT2D eigenvalue weighted by molar-refractivity contribution is 7.80. The first kappa shape index (κ1) is 11.8. The van der Waals surface area contributed by atoms with Crippen molar-refractivity contribution in [2.45, 2.75) is 0 Å². The largest absolute Gasteiger partial charge is 0.328 e. The number of nitrogens with zero attached hydrogens (tertiary/aromatic N) is 1. The van der Waals surface area contributed by atoms with Crippen LogP contribution in [0.25, 0.3) is 0 Å². The van der Waals surface area contributed by atoms with Gasteiger partial charge in [-0.15, -0.1) is 5.43 Å². The fourth-order valence-electron chi connectivity index (χ4n) is 1.28. The molecule has 17 heavy (non-hydrogen) atoms. The Bertz CT molecular complexity index is 499. The Morgan fingerprint density at radius 2 is 1.71 bits per heavy atom. The van der Waals surface area contributed by atoms with Crippen molar-refractivity contribution >= 4 is 34.6 Å². The van der Waals surface area contributed by atoms with Gasteiger partial charge in [0.1, 0.15) is 0 Å². The molecule has 2 aromatic rings. The average molecular weight is 265 g/mol. The molecule has 0 aliphatic carbocycles. The number of pyridine rings is 1. The standard InChI is InChI=1S/C12H10ClN3S/c13-10-4-6-11(7-5-10)14-12(17)15-16-8-2-1-3-9-16/h1-9H,(H-,14,15,17)/p+1. The number of halogens is 1. The highest BCUT2D eigenvalue weighted by atomic mass is 35.5. The lowest BCUT2D eigenvalue weighted by Crippen LogP contribution is -2.49. The van der Waals surface area contributed by atoms with E-state index in [2.05, 4.69) is 10.7 Å². The maximum atomic E-state index is 5.80. The summed E-state index contributed by atoms with van der Waals surface area (Å²) in [5, 5.41) is 4.28. The van der Waals surface area contributed by atoms with E-state index in [0.717, 1.165) is 5.69 Å². The van der Waals surface area contributed by atoms with E-state index in [4.69, 9.17) is 23.8 Å². The van der Waals surface area contributed by atoms with Crippen LogP contribution in [-0.2, 0) is 0 Å². The maximum Gasteiger partial charge on any atom is 0.228 e. The van der Waals surface area contributed by atoms with Crippen molar-refractivity contribution in [2.24, 2.45) is 0 Å². The van der Waals surface area contributed by atoms with Crippen LogP contribution in [-0.4, -0.2) is 5.11 Å². The van der Waals surface area contributed by atoms with E-state index in [1.54, 1.807) is 4.68 Å². The zero-order valence-electron chi connectivity index (χ0n) is 8.93. The predicted molar refractivity (Wildman–Crippen MR) is 73.7 cm³/mol. The van der Waals surface area contributed by atoms with Crippen LogP contribution in [0.4, 0.5) is 5.69 Å². The maximum absolute atomic E-state index is 5.80. The molecule has 3 nitrogen and oxygen atoms in total. The molecule has 0 aliphatic rings. The van der Waals surface area contributed by atoms with Crippen molar-refractivity contribution in [3.8, 4) is 0 Å². The van der Waals surface area contributed by atoms with Crippen LogP contribution in [0.5, 0.6) is 0 Å². The molecule has 0 fully saturated rings. The summed E-state index contributed by atoms with van der Waals surface area (Å²) >= 11 is 11.0. The van der Waals surface area contributed by atoms with Crippen LogP contribution >= 0.6 is 23.8 Å². The van der Waals surface area contributed by atoms with Crippen molar-refractivity contribution in [3.05, 3.63) is 59.9 Å². The van der Waals surface area contributed by atoms with Gasteiger partial charge >= 0.3 is 0 Å². The summed E-state index contributed by atoms with van der Waals surface area (Å²) in [5.41, 5.74) is 3.90. The van der Waals surface area contributed by atoms with Gasteiger partial charge in [0.2, 0.25) is 5.11 Å². The molecule has 2 rings (SSSR count). The summed E-state index contributed by atoms with van der Waals surface area (Å²) in [6, 6.07) is 13.1. The van der Waals surface area contributed by atoms with Crippen LogP contribution in [0.1, 0.15) is 0 Å². The van der Waals surface area contributed by atoms with Crippen LogP contribution in [0, 0.1) is 0 Å². The number of hydrogen-bond acceptors (Lipinski definition) is 1. The van der Waals surface area contributed by atoms with Gasteiger partial charge in [0.25, 0.3) is 0 Å². The van der Waals surface area contributed by atoms with Crippen molar-refractivity contribution in [1.82, 2.24) is 0 Å². The van der Waals surface area contributed by atoms with Crippen molar-refractivity contribution in [3.63, 3.8) is 0 Å². The zero-order chi connectivity index (χ0) is 12.1. The molecule has 1 aromatic carbocycles. The van der Waals surface area contributed by atoms with E-state index in [0.29, 0.717) is 10.1 Å². The van der Waals surface area contributed by atoms with E-state index in [-0.39, 0.29) is 0 Å². The van der Waals surface area contributed by atoms with Crippen molar-refractivity contribution in [2.75, 3.05) is 10.7 Å². The van der Waals surface area contributed by atoms with Crippen LogP contribution in [0.15, 0.2) is 54.9 Å². The summed E-state index contributed by atoms with van der Waals surface area (Å²) in [7, 11) is 0. The van der Waals surface area contributed by atoms with Crippen molar-refractivity contribution in [1.29, 1.82) is 0 Å². The highest BCUT2D eigenvalue weighted by Gasteiger charge is 2.02. The average Bonchev–Trinajstić information content (AvgIpc) is 2.33. The molecular formula is C12H11ClN3S+. The Kier molecular flexibility index (Phi) is 3.90. The third-order valence-electron chi connectivity index (χ3n) is 2.05. The molecule has 0 amide bonds. The first-order valence-electron chi connectivity index (χ1n) is 5.04. The molecule has 0 saturated heterocycles. The summed E-state index contributed by atoms with van der Waals surface area (Å²) in [5.74, 6) is 0. The number of anilines is 1. The molecule has 0 saturated carbocycles. The molecule has 1 aromatic heterocycles. The van der Waals surface area contributed by atoms with E-state index in [1.807, 2.05) is 54.9 Å². The highest BCUT2D eigenvalue weighted by Crippen LogP contribution is 2.12. The van der Waals surface area contributed by atoms with Gasteiger partial charge in [-0.1, -0.05) is 22.3 Å². The molecule has 0 aliphatic heterocycles. The van der Waals surface area contributed by atoms with Crippen LogP contribution < -0.4 is 15.4 Å². The quantitative estimate of drug-likeness (QED) is 0.645. The van der Waals surface area contributed by atoms with Gasteiger partial charge in [-0.05, 0) is 36.5 Å². The second-order valence-corrected chi connectivity index (χ2v) is 4.20. The second-order valence-electron chi connectivity index (χ2n) is 3.36. The Morgan fingerprint density at radius 1 is 1.06 bits per heavy atom. The molecular weight excluding hydrogens is 254 g/mol. The second kappa shape index (κ2) is 5.61. The first-order valence-corrected chi connectivity index (χ1v) is 5.82. The van der Waals surface area contributed by atoms with Gasteiger partial charge in [0.05, 0.1) is 0 Å². The van der Waals surface area contributed by atoms with Crippen LogP contribution in [0.3, 0.4) is 0 Å². The van der Waals surface area contributed by atoms with Gasteiger partial charge in [-0.3, -0.25) is 0 Å². The molecule has 2 N–H and O–H groups in total. The van der Waals surface area contributed by atoms with Crippen molar-refractivity contribution < 1.29 is 4.68 Å². The summed E-state index contributed by atoms with van der Waals surface area (Å²) in [4.78, 5) is 0. The van der Waals surface area contributed by atoms with Crippen LogP contribution in [0.2, 0.25) is 5.02 Å². The SMILES string of the molecule is S=C(Nc1ccc(Cl)cc1)N[n+]1ccccc1. The fraction of sp³-hybridized carbons (Fsp3) is 0. The smallest absolute Gasteiger partial charge is 0.228 e. The monoisotopic (exact) mass is 264 g/mol. The topological polar surface area (TPSA) is 27.9 Å². The third kappa shape index (κ3) is 3.69. The summed E-state index contributed by atoms with van der Waals surface area (Å²) < 4.78 is 1.77. The Morgan fingerprint density at radius 3 is 2.35 bits per heavy atom. The lowest BCUT2D eigenvalue weighted by molar-refractivity contribution is -0.640. The fourth-order valence-corrected chi connectivity index (χ4v) is 1.63. The minimum Gasteiger partial charge on any atom is -0.328 e. The van der Waals surface area contributed by atoms with Gasteiger partial charge in [0, 0.05) is 22.8 Å². The Balaban J connectivity index is 1.96. The number of thiocarbonyl (C=S) groups is 1. The van der Waals surface area contributed by atoms with Gasteiger partial charge in [-0.25, -0.2) is 0 Å². The van der Waals surface area contributed by atoms with Gasteiger partial charge in [0.15, 0.2) is 12.4 Å². The predicted octanol–water partition coefficient (Wildman–Crippen LogP) is 2.57. The third-order valence-corrected chi connectivity index (χ3v) is 2.49. The minimum absolute atomic E-state index is 0.517. The zero-order valence-corrected chi connectivity index (χ0v) is 10.5. The normalized spacial score (nSPS) is 9.71. The number of nitrogens with one attached hydrogen (secondary N) is 2. The number of rotatable bonds is 2. The molecule has 0 spiro atoms. The van der Waals surface area contributed by atoms with Gasteiger partial charge in [-0.2, -0.15) is 0 Å². The molecule has 86 valence electrons. The van der Waals surface area contributed by atoms with E-state index in [9.17, 15) is 0 Å². The minimum atomic E-state index is 0.517. The number of benzene rings is 1. The molecule has 0 radical (unpaired) electrons. The Hall–Kier alpha value is -1.65. The summed E-state index contributed by atoms with van der Waals surface area (Å²) in [6.07, 6.45) is 3.74. The number of hydrogen-bond donors (Lipinski definition) is 2. The molecule has 0 unspecified atom stereocenters. The van der Waals surface area contributed by atoms with Gasteiger partial charge < -0.3 is 5.32 Å². The van der Waals surface area contributed by atoms with E-state index in [1.165, 1.54) is 0 Å². The molecule has 1 heterocycles. The van der Waals surface area contributed by atoms with E-state index < -0.39 is 0 Å². The lowest BCUT2D eigenvalue weighted by atomic mass is 10.3. The first-order chi connectivity index (χ1) is 8.24.